The van der Waals surface area contributed by atoms with Gasteiger partial charge in [-0.3, -0.25) is 14.4 Å². The topological polar surface area (TPSA) is 117 Å². The van der Waals surface area contributed by atoms with Crippen LogP contribution in [0, 0.1) is 0 Å². The van der Waals surface area contributed by atoms with Crippen molar-refractivity contribution in [3.63, 3.8) is 0 Å². The molecule has 0 unspecified atom stereocenters. The van der Waals surface area contributed by atoms with Crippen molar-refractivity contribution < 1.29 is 23.9 Å². The molecule has 0 atom stereocenters. The SMILES string of the molecule is O=C(COC(=O)CNC(=O)NCc1ccccc1)Nc1cccc(N2CCCC2=O)c1. The molecule has 0 bridgehead atoms. The van der Waals surface area contributed by atoms with Gasteiger partial charge < -0.3 is 25.6 Å². The number of carbonyl (C=O) groups is 4. The Bertz CT molecular complexity index is 948. The second-order valence-corrected chi connectivity index (χ2v) is 6.93. The highest BCUT2D eigenvalue weighted by atomic mass is 16.5. The van der Waals surface area contributed by atoms with Gasteiger partial charge in [0, 0.05) is 30.9 Å². The van der Waals surface area contributed by atoms with Crippen LogP contribution in [0.15, 0.2) is 54.6 Å². The van der Waals surface area contributed by atoms with Crippen LogP contribution in [0.4, 0.5) is 16.2 Å². The van der Waals surface area contributed by atoms with E-state index in [1.54, 1.807) is 29.2 Å². The highest BCUT2D eigenvalue weighted by Gasteiger charge is 2.21. The third kappa shape index (κ3) is 6.84. The first-order valence-electron chi connectivity index (χ1n) is 9.93. The van der Waals surface area contributed by atoms with E-state index in [1.165, 1.54) is 0 Å². The number of carbonyl (C=O) groups excluding carboxylic acids is 4. The van der Waals surface area contributed by atoms with E-state index in [0.717, 1.165) is 12.0 Å². The summed E-state index contributed by atoms with van der Waals surface area (Å²) in [5.74, 6) is -1.20. The number of esters is 1. The van der Waals surface area contributed by atoms with E-state index < -0.39 is 24.5 Å². The minimum atomic E-state index is -0.735. The fourth-order valence-electron chi connectivity index (χ4n) is 3.06. The van der Waals surface area contributed by atoms with E-state index in [-0.39, 0.29) is 12.5 Å². The Hall–Kier alpha value is -3.88. The maximum Gasteiger partial charge on any atom is 0.325 e. The number of hydrogen-bond acceptors (Lipinski definition) is 5. The van der Waals surface area contributed by atoms with E-state index in [1.807, 2.05) is 30.3 Å². The number of nitrogens with one attached hydrogen (secondary N) is 3. The number of urea groups is 1. The predicted molar refractivity (Wildman–Crippen MR) is 114 cm³/mol. The van der Waals surface area contributed by atoms with Crippen molar-refractivity contribution >= 4 is 35.2 Å². The van der Waals surface area contributed by atoms with Gasteiger partial charge in [0.1, 0.15) is 6.54 Å². The molecule has 1 fully saturated rings. The normalized spacial score (nSPS) is 12.9. The molecule has 0 spiro atoms. The molecule has 9 nitrogen and oxygen atoms in total. The molecular formula is C22H24N4O5. The molecule has 3 rings (SSSR count). The third-order valence-corrected chi connectivity index (χ3v) is 4.57. The van der Waals surface area contributed by atoms with E-state index in [9.17, 15) is 19.2 Å². The molecule has 31 heavy (non-hydrogen) atoms. The summed E-state index contributed by atoms with van der Waals surface area (Å²) in [7, 11) is 0. The van der Waals surface area contributed by atoms with Gasteiger partial charge in [0.2, 0.25) is 5.91 Å². The summed E-state index contributed by atoms with van der Waals surface area (Å²) >= 11 is 0. The van der Waals surface area contributed by atoms with Gasteiger partial charge in [-0.2, -0.15) is 0 Å². The molecule has 1 saturated heterocycles. The van der Waals surface area contributed by atoms with Crippen LogP contribution >= 0.6 is 0 Å². The van der Waals surface area contributed by atoms with Crippen molar-refractivity contribution in [1.82, 2.24) is 10.6 Å². The summed E-state index contributed by atoms with van der Waals surface area (Å²) < 4.78 is 4.88. The minimum absolute atomic E-state index is 0.0534. The lowest BCUT2D eigenvalue weighted by molar-refractivity contribution is -0.146. The van der Waals surface area contributed by atoms with Crippen molar-refractivity contribution in [1.29, 1.82) is 0 Å². The molecule has 1 heterocycles. The van der Waals surface area contributed by atoms with Gasteiger partial charge in [-0.1, -0.05) is 36.4 Å². The Kier molecular flexibility index (Phi) is 7.58. The minimum Gasteiger partial charge on any atom is -0.454 e. The molecule has 162 valence electrons. The van der Waals surface area contributed by atoms with Crippen molar-refractivity contribution in [2.24, 2.45) is 0 Å². The number of nitrogens with zero attached hydrogens (tertiary/aromatic N) is 1. The molecule has 0 radical (unpaired) electrons. The predicted octanol–water partition coefficient (Wildman–Crippen LogP) is 1.79. The molecule has 9 heteroatoms. The van der Waals surface area contributed by atoms with Crippen LogP contribution in [-0.2, 0) is 25.7 Å². The molecule has 4 amide bonds. The van der Waals surface area contributed by atoms with Gasteiger partial charge in [-0.15, -0.1) is 0 Å². The number of hydrogen-bond donors (Lipinski definition) is 3. The number of ether oxygens (including phenoxy) is 1. The summed E-state index contributed by atoms with van der Waals surface area (Å²) in [6.07, 6.45) is 1.33. The molecule has 3 N–H and O–H groups in total. The monoisotopic (exact) mass is 424 g/mol. The second-order valence-electron chi connectivity index (χ2n) is 6.93. The summed E-state index contributed by atoms with van der Waals surface area (Å²) in [4.78, 5) is 49.0. The zero-order valence-corrected chi connectivity index (χ0v) is 16.9. The molecule has 0 saturated carbocycles. The lowest BCUT2D eigenvalue weighted by Crippen LogP contribution is -2.39. The van der Waals surface area contributed by atoms with E-state index in [2.05, 4.69) is 16.0 Å². The number of benzene rings is 2. The fourth-order valence-corrected chi connectivity index (χ4v) is 3.06. The lowest BCUT2D eigenvalue weighted by Gasteiger charge is -2.16. The average molecular weight is 424 g/mol. The summed E-state index contributed by atoms with van der Waals surface area (Å²) in [6, 6.07) is 15.7. The first-order valence-corrected chi connectivity index (χ1v) is 9.93. The Labute approximate surface area is 179 Å². The standard InChI is InChI=1S/C22H24N4O5/c27-19(25-17-8-4-9-18(12-17)26-11-5-10-20(26)28)15-31-21(29)14-24-22(30)23-13-16-6-2-1-3-7-16/h1-4,6-9,12H,5,10-11,13-15H2,(H,25,27)(H2,23,24,30). The first kappa shape index (κ1) is 21.8. The van der Waals surface area contributed by atoms with Crippen LogP contribution < -0.4 is 20.9 Å². The lowest BCUT2D eigenvalue weighted by atomic mass is 10.2. The Balaban J connectivity index is 1.36. The van der Waals surface area contributed by atoms with Gasteiger partial charge in [-0.25, -0.2) is 4.79 Å². The van der Waals surface area contributed by atoms with Crippen LogP contribution in [0.2, 0.25) is 0 Å². The average Bonchev–Trinajstić information content (AvgIpc) is 3.21. The largest absolute Gasteiger partial charge is 0.454 e. The van der Waals surface area contributed by atoms with Crippen molar-refractivity contribution in [2.75, 3.05) is 29.9 Å². The Morgan fingerprint density at radius 2 is 1.81 bits per heavy atom. The van der Waals surface area contributed by atoms with Crippen molar-refractivity contribution in [2.45, 2.75) is 19.4 Å². The van der Waals surface area contributed by atoms with E-state index in [4.69, 9.17) is 4.74 Å². The molecule has 2 aromatic carbocycles. The van der Waals surface area contributed by atoms with Gasteiger partial charge >= 0.3 is 12.0 Å². The molecule has 2 aromatic rings. The maximum absolute atomic E-state index is 12.0. The molecule has 1 aliphatic heterocycles. The van der Waals surface area contributed by atoms with Crippen molar-refractivity contribution in [3.8, 4) is 0 Å². The molecule has 0 aromatic heterocycles. The molecular weight excluding hydrogens is 400 g/mol. The van der Waals surface area contributed by atoms with Crippen molar-refractivity contribution in [3.05, 3.63) is 60.2 Å². The summed E-state index contributed by atoms with van der Waals surface area (Å²) in [5.41, 5.74) is 2.13. The summed E-state index contributed by atoms with van der Waals surface area (Å²) in [5, 5.41) is 7.62. The summed E-state index contributed by atoms with van der Waals surface area (Å²) in [6.45, 7) is 0.130. The highest BCUT2D eigenvalue weighted by Crippen LogP contribution is 2.24. The fraction of sp³-hybridized carbons (Fsp3) is 0.273. The van der Waals surface area contributed by atoms with Crippen LogP contribution in [-0.4, -0.2) is 43.5 Å². The second kappa shape index (κ2) is 10.8. The third-order valence-electron chi connectivity index (χ3n) is 4.57. The van der Waals surface area contributed by atoms with Crippen LogP contribution in [0.5, 0.6) is 0 Å². The number of rotatable bonds is 8. The van der Waals surface area contributed by atoms with Gasteiger partial charge in [0.05, 0.1) is 0 Å². The Morgan fingerprint density at radius 3 is 2.55 bits per heavy atom. The quantitative estimate of drug-likeness (QED) is 0.559. The van der Waals surface area contributed by atoms with Crippen LogP contribution in [0.3, 0.4) is 0 Å². The van der Waals surface area contributed by atoms with Gasteiger partial charge in [0.25, 0.3) is 5.91 Å². The number of amides is 4. The number of anilines is 2. The van der Waals surface area contributed by atoms with Crippen LogP contribution in [0.25, 0.3) is 0 Å². The molecule has 0 aliphatic carbocycles. The van der Waals surface area contributed by atoms with E-state index >= 15 is 0 Å². The van der Waals surface area contributed by atoms with Crippen LogP contribution in [0.1, 0.15) is 18.4 Å². The smallest absolute Gasteiger partial charge is 0.325 e. The highest BCUT2D eigenvalue weighted by molar-refractivity contribution is 5.97. The maximum atomic E-state index is 12.0. The Morgan fingerprint density at radius 1 is 1.00 bits per heavy atom. The zero-order chi connectivity index (χ0) is 22.1. The van der Waals surface area contributed by atoms with Gasteiger partial charge in [-0.05, 0) is 30.2 Å². The zero-order valence-electron chi connectivity index (χ0n) is 16.9. The molecule has 1 aliphatic rings. The van der Waals surface area contributed by atoms with E-state index in [0.29, 0.717) is 30.9 Å². The van der Waals surface area contributed by atoms with Gasteiger partial charge in [0.15, 0.2) is 6.61 Å². The first-order chi connectivity index (χ1) is 15.0.